The van der Waals surface area contributed by atoms with Crippen molar-refractivity contribution < 1.29 is 41.4 Å². The van der Waals surface area contributed by atoms with E-state index in [1.807, 2.05) is 0 Å². The van der Waals surface area contributed by atoms with Gasteiger partial charge in [0, 0.05) is 69.4 Å². The third kappa shape index (κ3) is 5.85. The van der Waals surface area contributed by atoms with Gasteiger partial charge in [0.1, 0.15) is 6.04 Å². The van der Waals surface area contributed by atoms with Gasteiger partial charge in [-0.2, -0.15) is 18.3 Å². The average Bonchev–Trinajstić information content (AvgIpc) is 3.46. The molecule has 48 heavy (non-hydrogen) atoms. The second kappa shape index (κ2) is 11.4. The molecule has 2 aromatic heterocycles. The molecule has 2 saturated heterocycles. The lowest BCUT2D eigenvalue weighted by Gasteiger charge is -2.24. The van der Waals surface area contributed by atoms with Crippen LogP contribution in [-0.4, -0.2) is 97.5 Å². The zero-order chi connectivity index (χ0) is 34.3. The van der Waals surface area contributed by atoms with Gasteiger partial charge in [-0.1, -0.05) is 11.6 Å². The minimum atomic E-state index is -4.95. The molecular formula is C29H29ClF5N9O4. The quantitative estimate of drug-likeness (QED) is 0.238. The van der Waals surface area contributed by atoms with Crippen molar-refractivity contribution >= 4 is 35.1 Å². The predicted octanol–water partition coefficient (Wildman–Crippen LogP) is 2.49. The summed E-state index contributed by atoms with van der Waals surface area (Å²) in [6, 6.07) is 1.94. The van der Waals surface area contributed by atoms with Crippen molar-refractivity contribution in [3.63, 3.8) is 0 Å². The average molecular weight is 698 g/mol. The highest BCUT2D eigenvalue weighted by molar-refractivity contribution is 6.34. The van der Waals surface area contributed by atoms with Gasteiger partial charge in [-0.15, -0.1) is 0 Å². The normalized spacial score (nSPS) is 27.0. The van der Waals surface area contributed by atoms with Crippen molar-refractivity contribution in [1.82, 2.24) is 40.2 Å². The number of aliphatic hydroxyl groups excluding tert-OH is 1. The number of amides is 4. The lowest BCUT2D eigenvalue weighted by atomic mass is 10.2. The third-order valence-electron chi connectivity index (χ3n) is 9.32. The number of carbonyl (C=O) groups excluding carboxylic acids is 3. The Hall–Kier alpha value is -4.29. The topological polar surface area (TPSA) is 158 Å². The summed E-state index contributed by atoms with van der Waals surface area (Å²) in [5, 5.41) is 24.6. The molecule has 2 saturated carbocycles. The van der Waals surface area contributed by atoms with E-state index in [9.17, 15) is 41.4 Å². The lowest BCUT2D eigenvalue weighted by molar-refractivity contribution is -0.141. The summed E-state index contributed by atoms with van der Waals surface area (Å²) in [6.45, 7) is 1.83. The molecule has 4 aliphatic rings. The number of carbonyl (C=O) groups is 3. The second-order valence-corrected chi connectivity index (χ2v) is 12.9. The van der Waals surface area contributed by atoms with Crippen LogP contribution in [0.4, 0.5) is 32.4 Å². The Labute approximate surface area is 273 Å². The number of halogens is 6. The number of aromatic nitrogens is 4. The number of nitrogens with one attached hydrogen (secondary N) is 4. The molecule has 7 rings (SSSR count). The first-order valence-corrected chi connectivity index (χ1v) is 15.4. The molecule has 2 aliphatic carbocycles. The van der Waals surface area contributed by atoms with Gasteiger partial charge >= 0.3 is 12.2 Å². The molecule has 2 aliphatic heterocycles. The maximum absolute atomic E-state index is 13.7. The molecular weight excluding hydrogens is 669 g/mol. The van der Waals surface area contributed by atoms with Gasteiger partial charge in [0.2, 0.25) is 0 Å². The highest BCUT2D eigenvalue weighted by atomic mass is 35.5. The van der Waals surface area contributed by atoms with E-state index in [1.165, 1.54) is 25.2 Å². The fraction of sp³-hybridized carbons (Fsp3) is 0.483. The van der Waals surface area contributed by atoms with Gasteiger partial charge in [-0.3, -0.25) is 14.3 Å². The Morgan fingerprint density at radius 3 is 2.42 bits per heavy atom. The molecule has 4 amide bonds. The number of nitrogens with zero attached hydrogens (tertiary/aromatic N) is 5. The van der Waals surface area contributed by atoms with E-state index in [2.05, 4.69) is 31.3 Å². The fourth-order valence-electron chi connectivity index (χ4n) is 6.47. The standard InChI is InChI=1S/C29H29ClF5N9O4/c1-42-19(16-11-44(21-5-28(21,31)32)41-23(16)29(33,34)35)7-37-24(42)26(47)38-12-2-3-13(17(30)4-12)25(46)40-22-14-9-43(10-15(14)22)27(48)39-18-6-36-8-20(18)45/h2-4,7,11,14-15,18,20-22,36,45H,5-6,8-10H2,1H3,(H,38,47)(H,39,48)(H,40,46)/t14-,15+,18-,20-,21+,22?/m0/s1. The fourth-order valence-corrected chi connectivity index (χ4v) is 6.73. The molecule has 1 unspecified atom stereocenters. The van der Waals surface area contributed by atoms with Gasteiger partial charge in [0.05, 0.1) is 40.2 Å². The van der Waals surface area contributed by atoms with Gasteiger partial charge in [-0.05, 0) is 18.2 Å². The van der Waals surface area contributed by atoms with Crippen LogP contribution in [-0.2, 0) is 13.2 Å². The summed E-state index contributed by atoms with van der Waals surface area (Å²) in [5.41, 5.74) is -1.72. The van der Waals surface area contributed by atoms with Crippen LogP contribution in [0.2, 0.25) is 5.02 Å². The molecule has 0 radical (unpaired) electrons. The number of rotatable bonds is 7. The molecule has 4 heterocycles. The van der Waals surface area contributed by atoms with Gasteiger partial charge in [-0.25, -0.2) is 18.6 Å². The molecule has 3 aromatic rings. The monoisotopic (exact) mass is 697 g/mol. The van der Waals surface area contributed by atoms with E-state index in [0.717, 1.165) is 17.0 Å². The second-order valence-electron chi connectivity index (χ2n) is 12.5. The lowest BCUT2D eigenvalue weighted by Crippen LogP contribution is -2.49. The number of β-amino-alcohol motifs (C(OH)–C–C–N with tert-alkyl or cyclic N) is 1. The molecule has 0 bridgehead atoms. The molecule has 1 aromatic carbocycles. The largest absolute Gasteiger partial charge is 0.435 e. The number of imidazole rings is 1. The van der Waals surface area contributed by atoms with Crippen LogP contribution in [0.1, 0.15) is 39.1 Å². The minimum Gasteiger partial charge on any atom is -0.390 e. The van der Waals surface area contributed by atoms with Crippen molar-refractivity contribution in [1.29, 1.82) is 0 Å². The van der Waals surface area contributed by atoms with E-state index in [1.54, 1.807) is 4.90 Å². The van der Waals surface area contributed by atoms with Gasteiger partial charge in [0.15, 0.2) is 11.5 Å². The number of hydrogen-bond acceptors (Lipinski definition) is 7. The summed E-state index contributed by atoms with van der Waals surface area (Å²) < 4.78 is 70.0. The SMILES string of the molecule is Cn1c(-c2cn([C@@H]3CC3(F)F)nc2C(F)(F)F)cnc1C(=O)Nc1ccc(C(=O)NC2[C@H]3CN(C(=O)N[C@H]4CNC[C@@H]4O)C[C@@H]23)c(Cl)c1. The summed E-state index contributed by atoms with van der Waals surface area (Å²) >= 11 is 6.38. The van der Waals surface area contributed by atoms with Crippen LogP contribution in [0.15, 0.2) is 30.6 Å². The van der Waals surface area contributed by atoms with E-state index in [0.29, 0.717) is 30.9 Å². The number of hydrogen-bond donors (Lipinski definition) is 5. The minimum absolute atomic E-state index is 0.0282. The molecule has 6 atom stereocenters. The molecule has 13 nitrogen and oxygen atoms in total. The van der Waals surface area contributed by atoms with Crippen LogP contribution in [0.5, 0.6) is 0 Å². The first-order chi connectivity index (χ1) is 22.6. The summed E-state index contributed by atoms with van der Waals surface area (Å²) in [6.07, 6.45) is -4.32. The van der Waals surface area contributed by atoms with Gasteiger partial charge in [0.25, 0.3) is 17.7 Å². The van der Waals surface area contributed by atoms with Crippen molar-refractivity contribution in [3.05, 3.63) is 52.7 Å². The Morgan fingerprint density at radius 2 is 1.81 bits per heavy atom. The van der Waals surface area contributed by atoms with E-state index in [4.69, 9.17) is 11.6 Å². The van der Waals surface area contributed by atoms with E-state index >= 15 is 0 Å². The highest BCUT2D eigenvalue weighted by Gasteiger charge is 2.60. The summed E-state index contributed by atoms with van der Waals surface area (Å²) in [5.74, 6) is -4.50. The molecule has 4 fully saturated rings. The number of piperidine rings is 1. The predicted molar refractivity (Wildman–Crippen MR) is 158 cm³/mol. The Morgan fingerprint density at radius 1 is 1.10 bits per heavy atom. The maximum Gasteiger partial charge on any atom is 0.435 e. The number of benzene rings is 1. The van der Waals surface area contributed by atoms with Crippen LogP contribution in [0, 0.1) is 11.8 Å². The number of anilines is 1. The van der Waals surface area contributed by atoms with Crippen molar-refractivity contribution in [2.45, 2.75) is 42.7 Å². The molecule has 19 heteroatoms. The van der Waals surface area contributed by atoms with Crippen LogP contribution >= 0.6 is 11.6 Å². The van der Waals surface area contributed by atoms with Crippen molar-refractivity contribution in [3.8, 4) is 11.3 Å². The number of aliphatic hydroxyl groups is 1. The van der Waals surface area contributed by atoms with Gasteiger partial charge < -0.3 is 35.8 Å². The molecule has 5 N–H and O–H groups in total. The number of alkyl halides is 5. The molecule has 256 valence electrons. The first kappa shape index (κ1) is 32.3. The van der Waals surface area contributed by atoms with E-state index in [-0.39, 0.29) is 57.7 Å². The van der Waals surface area contributed by atoms with Crippen molar-refractivity contribution in [2.24, 2.45) is 18.9 Å². The Kier molecular flexibility index (Phi) is 7.67. The highest BCUT2D eigenvalue weighted by Crippen LogP contribution is 2.53. The van der Waals surface area contributed by atoms with E-state index < -0.39 is 53.7 Å². The zero-order valence-electron chi connectivity index (χ0n) is 25.1. The van der Waals surface area contributed by atoms with Crippen molar-refractivity contribution in [2.75, 3.05) is 31.5 Å². The maximum atomic E-state index is 13.7. The first-order valence-electron chi connectivity index (χ1n) is 15.0. The third-order valence-corrected chi connectivity index (χ3v) is 9.63. The Bertz CT molecular complexity index is 1800. The molecule has 0 spiro atoms. The zero-order valence-corrected chi connectivity index (χ0v) is 25.8. The van der Waals surface area contributed by atoms with Crippen LogP contribution in [0.25, 0.3) is 11.3 Å². The van der Waals surface area contributed by atoms with Crippen LogP contribution in [0.3, 0.4) is 0 Å². The number of fused-ring (bicyclic) bond motifs is 1. The number of likely N-dealkylation sites (tertiary alicyclic amines) is 1. The number of urea groups is 1. The summed E-state index contributed by atoms with van der Waals surface area (Å²) in [7, 11) is 1.30. The Balaban J connectivity index is 0.967. The summed E-state index contributed by atoms with van der Waals surface area (Å²) in [4.78, 5) is 44.2. The van der Waals surface area contributed by atoms with Crippen LogP contribution < -0.4 is 21.3 Å². The smallest absolute Gasteiger partial charge is 0.390 e.